The average molecular weight is 260 g/mol. The van der Waals surface area contributed by atoms with E-state index in [-0.39, 0.29) is 17.5 Å². The lowest BCUT2D eigenvalue weighted by Gasteiger charge is -2.18. The molecule has 2 unspecified atom stereocenters. The van der Waals surface area contributed by atoms with E-state index < -0.39 is 0 Å². The van der Waals surface area contributed by atoms with Crippen molar-refractivity contribution >= 4 is 23.2 Å². The third-order valence-electron chi connectivity index (χ3n) is 2.88. The van der Waals surface area contributed by atoms with Crippen molar-refractivity contribution in [2.75, 3.05) is 6.54 Å². The molecule has 2 rings (SSSR count). The van der Waals surface area contributed by atoms with Crippen LogP contribution in [0.4, 0.5) is 0 Å². The number of nitrogens with zero attached hydrogens (tertiary/aromatic N) is 2. The summed E-state index contributed by atoms with van der Waals surface area (Å²) in [5, 5.41) is 18.0. The van der Waals surface area contributed by atoms with Crippen LogP contribution in [-0.2, 0) is 4.79 Å². The van der Waals surface area contributed by atoms with E-state index in [4.69, 9.17) is 11.6 Å². The number of hydrogen-bond donors (Lipinski definition) is 2. The smallest absolute Gasteiger partial charge is 0.267 e. The number of nitrogens with one attached hydrogen (secondary N) is 1. The minimum atomic E-state index is -0.376. The molecular weight excluding hydrogens is 242 g/mol. The molecule has 0 aromatic carbocycles. The summed E-state index contributed by atoms with van der Waals surface area (Å²) in [4.78, 5) is 11.7. The number of aliphatic hydroxyl groups excluding tert-OH is 1. The second-order valence-electron chi connectivity index (χ2n) is 4.73. The van der Waals surface area contributed by atoms with Gasteiger partial charge in [-0.3, -0.25) is 9.80 Å². The molecule has 5 nitrogen and oxygen atoms in total. The first-order chi connectivity index (χ1) is 8.06. The van der Waals surface area contributed by atoms with E-state index in [0.717, 1.165) is 12.8 Å². The number of carbonyl (C=O) groups excluding carboxylic acids is 1. The number of alkyl halides is 1. The van der Waals surface area contributed by atoms with E-state index >= 15 is 0 Å². The molecule has 0 spiro atoms. The zero-order valence-corrected chi connectivity index (χ0v) is 10.7. The molecule has 6 heteroatoms. The number of amides is 1. The maximum Gasteiger partial charge on any atom is 0.267 e. The SMILES string of the molecule is CC(O)CCN1N=C(C(=O)NC2CC2)CC1Cl. The van der Waals surface area contributed by atoms with Crippen molar-refractivity contribution in [2.45, 2.75) is 50.3 Å². The highest BCUT2D eigenvalue weighted by molar-refractivity contribution is 6.41. The third kappa shape index (κ3) is 3.57. The van der Waals surface area contributed by atoms with Gasteiger partial charge in [-0.25, -0.2) is 0 Å². The van der Waals surface area contributed by atoms with Crippen LogP contribution in [0.25, 0.3) is 0 Å². The van der Waals surface area contributed by atoms with Gasteiger partial charge in [0.15, 0.2) is 0 Å². The molecule has 1 fully saturated rings. The van der Waals surface area contributed by atoms with Gasteiger partial charge in [-0.2, -0.15) is 5.10 Å². The number of rotatable bonds is 5. The number of hydrazone groups is 1. The molecule has 0 bridgehead atoms. The zero-order chi connectivity index (χ0) is 12.4. The highest BCUT2D eigenvalue weighted by Gasteiger charge is 2.31. The van der Waals surface area contributed by atoms with E-state index in [1.807, 2.05) is 0 Å². The molecule has 2 aliphatic rings. The van der Waals surface area contributed by atoms with E-state index in [1.165, 1.54) is 0 Å². The lowest BCUT2D eigenvalue weighted by molar-refractivity contribution is -0.115. The van der Waals surface area contributed by atoms with E-state index in [2.05, 4.69) is 10.4 Å². The number of hydrogen-bond acceptors (Lipinski definition) is 4. The Morgan fingerprint density at radius 1 is 1.71 bits per heavy atom. The van der Waals surface area contributed by atoms with E-state index in [1.54, 1.807) is 11.9 Å². The molecule has 0 aromatic heterocycles. The van der Waals surface area contributed by atoms with Crippen LogP contribution < -0.4 is 5.32 Å². The standard InChI is InChI=1S/C11H18ClN3O2/c1-7(16)4-5-15-10(12)6-9(14-15)11(17)13-8-2-3-8/h7-8,10,16H,2-6H2,1H3,(H,13,17). The fourth-order valence-electron chi connectivity index (χ4n) is 1.67. The summed E-state index contributed by atoms with van der Waals surface area (Å²) in [5.74, 6) is -0.0994. The van der Waals surface area contributed by atoms with Gasteiger partial charge < -0.3 is 10.4 Å². The molecule has 1 amide bonds. The van der Waals surface area contributed by atoms with Gasteiger partial charge >= 0.3 is 0 Å². The van der Waals surface area contributed by atoms with Crippen LogP contribution in [0.5, 0.6) is 0 Å². The van der Waals surface area contributed by atoms with Crippen molar-refractivity contribution in [1.82, 2.24) is 10.3 Å². The van der Waals surface area contributed by atoms with Crippen molar-refractivity contribution in [3.05, 3.63) is 0 Å². The van der Waals surface area contributed by atoms with Crippen molar-refractivity contribution < 1.29 is 9.90 Å². The lowest BCUT2D eigenvalue weighted by atomic mass is 10.2. The monoisotopic (exact) mass is 259 g/mol. The summed E-state index contributed by atoms with van der Waals surface area (Å²) in [6.45, 7) is 2.30. The molecule has 1 heterocycles. The molecule has 1 saturated carbocycles. The highest BCUT2D eigenvalue weighted by atomic mass is 35.5. The number of aliphatic hydroxyl groups is 1. The Morgan fingerprint density at radius 3 is 3.00 bits per heavy atom. The average Bonchev–Trinajstić information content (AvgIpc) is 2.98. The maximum atomic E-state index is 11.7. The Morgan fingerprint density at radius 2 is 2.41 bits per heavy atom. The van der Waals surface area contributed by atoms with Crippen molar-refractivity contribution in [1.29, 1.82) is 0 Å². The van der Waals surface area contributed by atoms with E-state index in [9.17, 15) is 9.90 Å². The summed E-state index contributed by atoms with van der Waals surface area (Å²) in [7, 11) is 0. The Labute approximate surface area is 106 Å². The van der Waals surface area contributed by atoms with E-state index in [0.29, 0.717) is 31.1 Å². The van der Waals surface area contributed by atoms with Crippen LogP contribution in [0, 0.1) is 0 Å². The van der Waals surface area contributed by atoms with Crippen molar-refractivity contribution in [2.24, 2.45) is 5.10 Å². The van der Waals surface area contributed by atoms with Crippen LogP contribution in [0.2, 0.25) is 0 Å². The van der Waals surface area contributed by atoms with Gasteiger partial charge in [-0.1, -0.05) is 11.6 Å². The summed E-state index contributed by atoms with van der Waals surface area (Å²) in [6, 6.07) is 0.338. The minimum absolute atomic E-state index is 0.0994. The van der Waals surface area contributed by atoms with Gasteiger partial charge in [0, 0.05) is 19.0 Å². The molecule has 1 aliphatic heterocycles. The molecule has 1 aliphatic carbocycles. The molecule has 0 radical (unpaired) electrons. The second-order valence-corrected chi connectivity index (χ2v) is 5.24. The van der Waals surface area contributed by atoms with Gasteiger partial charge in [0.2, 0.25) is 0 Å². The van der Waals surface area contributed by atoms with Gasteiger partial charge in [-0.15, -0.1) is 0 Å². The maximum absolute atomic E-state index is 11.7. The Kier molecular flexibility index (Phi) is 3.89. The third-order valence-corrected chi connectivity index (χ3v) is 3.26. The number of carbonyl (C=O) groups is 1. The Balaban J connectivity index is 1.85. The fraction of sp³-hybridized carbons (Fsp3) is 0.818. The molecule has 2 N–H and O–H groups in total. The molecule has 96 valence electrons. The van der Waals surface area contributed by atoms with Crippen LogP contribution in [0.3, 0.4) is 0 Å². The van der Waals surface area contributed by atoms with Gasteiger partial charge in [0.25, 0.3) is 5.91 Å². The minimum Gasteiger partial charge on any atom is -0.393 e. The first-order valence-corrected chi connectivity index (χ1v) is 6.47. The molecule has 17 heavy (non-hydrogen) atoms. The topological polar surface area (TPSA) is 64.9 Å². The highest BCUT2D eigenvalue weighted by Crippen LogP contribution is 2.22. The van der Waals surface area contributed by atoms with Gasteiger partial charge in [-0.05, 0) is 26.2 Å². The molecular formula is C11H18ClN3O2. The summed E-state index contributed by atoms with van der Waals surface area (Å²) >= 11 is 6.10. The first-order valence-electron chi connectivity index (χ1n) is 6.03. The molecule has 0 aromatic rings. The predicted molar refractivity (Wildman–Crippen MR) is 65.9 cm³/mol. The quantitative estimate of drug-likeness (QED) is 0.563. The second kappa shape index (κ2) is 5.23. The molecule has 2 atom stereocenters. The van der Waals surface area contributed by atoms with Crippen molar-refractivity contribution in [3.63, 3.8) is 0 Å². The van der Waals surface area contributed by atoms with Crippen molar-refractivity contribution in [3.8, 4) is 0 Å². The lowest BCUT2D eigenvalue weighted by Crippen LogP contribution is -2.32. The number of halogens is 1. The Hall–Kier alpha value is -0.810. The Bertz CT molecular complexity index is 329. The molecule has 0 saturated heterocycles. The summed E-state index contributed by atoms with van der Waals surface area (Å²) in [5.41, 5.74) is 0.233. The largest absolute Gasteiger partial charge is 0.393 e. The summed E-state index contributed by atoms with van der Waals surface area (Å²) < 4.78 is 0. The van der Waals surface area contributed by atoms with Crippen LogP contribution >= 0.6 is 11.6 Å². The van der Waals surface area contributed by atoms with Crippen LogP contribution in [0.15, 0.2) is 5.10 Å². The van der Waals surface area contributed by atoms with Gasteiger partial charge in [0.1, 0.15) is 11.2 Å². The van der Waals surface area contributed by atoms with Crippen LogP contribution in [0.1, 0.15) is 32.6 Å². The normalized spacial score (nSPS) is 25.7. The van der Waals surface area contributed by atoms with Crippen LogP contribution in [-0.4, -0.2) is 45.9 Å². The van der Waals surface area contributed by atoms with Gasteiger partial charge in [0.05, 0.1) is 6.10 Å². The fourth-order valence-corrected chi connectivity index (χ4v) is 1.95. The summed E-state index contributed by atoms with van der Waals surface area (Å²) in [6.07, 6.45) is 2.83. The first kappa shape index (κ1) is 12.6. The zero-order valence-electron chi connectivity index (χ0n) is 9.90. The predicted octanol–water partition coefficient (Wildman–Crippen LogP) is 0.662.